The van der Waals surface area contributed by atoms with E-state index in [4.69, 9.17) is 16.7 Å². The summed E-state index contributed by atoms with van der Waals surface area (Å²) in [6.45, 7) is 1.87. The van der Waals surface area contributed by atoms with Gasteiger partial charge in [0.15, 0.2) is 0 Å². The Morgan fingerprint density at radius 2 is 2.10 bits per heavy atom. The monoisotopic (exact) mass is 374 g/mol. The van der Waals surface area contributed by atoms with Crippen molar-refractivity contribution in [1.82, 2.24) is 5.32 Å². The lowest BCUT2D eigenvalue weighted by Crippen LogP contribution is -2.42. The zero-order valence-electron chi connectivity index (χ0n) is 11.5. The van der Waals surface area contributed by atoms with Crippen molar-refractivity contribution in [1.29, 1.82) is 0 Å². The van der Waals surface area contributed by atoms with Gasteiger partial charge in [-0.15, -0.1) is 0 Å². The van der Waals surface area contributed by atoms with Crippen LogP contribution in [0, 0.1) is 12.8 Å². The summed E-state index contributed by atoms with van der Waals surface area (Å²) in [6.07, 6.45) is 2.09. The lowest BCUT2D eigenvalue weighted by molar-refractivity contribution is -0.142. The summed E-state index contributed by atoms with van der Waals surface area (Å²) in [4.78, 5) is 23.1. The summed E-state index contributed by atoms with van der Waals surface area (Å²) in [6, 6.07) is 2.72. The summed E-state index contributed by atoms with van der Waals surface area (Å²) in [5, 5.41) is 15.1. The predicted octanol–water partition coefficient (Wildman–Crippen LogP) is 3.79. The van der Waals surface area contributed by atoms with Crippen LogP contribution in [0.15, 0.2) is 16.6 Å². The van der Waals surface area contributed by atoms with Crippen LogP contribution in [-0.2, 0) is 4.79 Å². The molecule has 2 rings (SSSR count). The fourth-order valence-electron chi connectivity index (χ4n) is 2.50. The molecule has 1 aromatic carbocycles. The zero-order valence-corrected chi connectivity index (χ0v) is 13.8. The number of halogens is 2. The van der Waals surface area contributed by atoms with Crippen LogP contribution in [0.2, 0.25) is 5.02 Å². The van der Waals surface area contributed by atoms with Crippen LogP contribution in [0.3, 0.4) is 0 Å². The van der Waals surface area contributed by atoms with E-state index in [0.717, 1.165) is 16.5 Å². The highest BCUT2D eigenvalue weighted by molar-refractivity contribution is 9.10. The molecule has 2 amide bonds. The Kier molecular flexibility index (Phi) is 5.11. The highest BCUT2D eigenvalue weighted by Gasteiger charge is 2.33. The first kappa shape index (κ1) is 16.1. The van der Waals surface area contributed by atoms with Crippen LogP contribution in [0.4, 0.5) is 10.5 Å². The molecular weight excluding hydrogens is 360 g/mol. The number of carboxylic acids is 1. The van der Waals surface area contributed by atoms with Crippen molar-refractivity contribution in [3.05, 3.63) is 27.2 Å². The minimum absolute atomic E-state index is 0.331. The van der Waals surface area contributed by atoms with Gasteiger partial charge < -0.3 is 15.7 Å². The van der Waals surface area contributed by atoms with Crippen molar-refractivity contribution in [3.63, 3.8) is 0 Å². The summed E-state index contributed by atoms with van der Waals surface area (Å²) in [7, 11) is 0. The Balaban J connectivity index is 2.02. The largest absolute Gasteiger partial charge is 0.481 e. The van der Waals surface area contributed by atoms with Crippen LogP contribution in [0.5, 0.6) is 0 Å². The Morgan fingerprint density at radius 3 is 2.76 bits per heavy atom. The minimum Gasteiger partial charge on any atom is -0.481 e. The SMILES string of the molecule is Cc1cc(Br)c(NC(=O)NC2CCCC2C(=O)O)cc1Cl. The van der Waals surface area contributed by atoms with E-state index < -0.39 is 17.9 Å². The first-order valence-corrected chi connectivity index (χ1v) is 7.81. The minimum atomic E-state index is -0.864. The molecular formula is C14H16BrClN2O3. The molecule has 7 heteroatoms. The van der Waals surface area contributed by atoms with Crippen LogP contribution in [-0.4, -0.2) is 23.1 Å². The number of carbonyl (C=O) groups is 2. The molecule has 1 saturated carbocycles. The van der Waals surface area contributed by atoms with E-state index >= 15 is 0 Å². The molecule has 1 aliphatic carbocycles. The van der Waals surface area contributed by atoms with Gasteiger partial charge in [-0.2, -0.15) is 0 Å². The number of amides is 2. The molecule has 2 atom stereocenters. The van der Waals surface area contributed by atoms with E-state index in [1.807, 2.05) is 13.0 Å². The van der Waals surface area contributed by atoms with Gasteiger partial charge >= 0.3 is 12.0 Å². The molecule has 0 aromatic heterocycles. The molecule has 3 N–H and O–H groups in total. The standard InChI is InChI=1S/C14H16BrClN2O3/c1-7-5-9(15)12(6-10(7)16)18-14(21)17-11-4-2-3-8(11)13(19)20/h5-6,8,11H,2-4H2,1H3,(H,19,20)(H2,17,18,21). The molecule has 0 bridgehead atoms. The first-order valence-electron chi connectivity index (χ1n) is 6.64. The van der Waals surface area contributed by atoms with Crippen molar-refractivity contribution < 1.29 is 14.7 Å². The molecule has 1 fully saturated rings. The number of urea groups is 1. The number of nitrogens with one attached hydrogen (secondary N) is 2. The molecule has 1 aromatic rings. The highest BCUT2D eigenvalue weighted by Crippen LogP contribution is 2.30. The van der Waals surface area contributed by atoms with Gasteiger partial charge in [-0.3, -0.25) is 4.79 Å². The van der Waals surface area contributed by atoms with Crippen LogP contribution in [0.1, 0.15) is 24.8 Å². The Labute approximate surface area is 136 Å². The maximum atomic E-state index is 12.0. The molecule has 5 nitrogen and oxygen atoms in total. The number of carbonyl (C=O) groups excluding carboxylic acids is 1. The third kappa shape index (κ3) is 3.89. The van der Waals surface area contributed by atoms with Gasteiger partial charge in [0.1, 0.15) is 0 Å². The number of hydrogen-bond acceptors (Lipinski definition) is 2. The fraction of sp³-hybridized carbons (Fsp3) is 0.429. The summed E-state index contributed by atoms with van der Waals surface area (Å²) >= 11 is 9.40. The van der Waals surface area contributed by atoms with E-state index in [1.54, 1.807) is 6.07 Å². The normalized spacial score (nSPS) is 21.1. The first-order chi connectivity index (χ1) is 9.88. The quantitative estimate of drug-likeness (QED) is 0.752. The van der Waals surface area contributed by atoms with E-state index in [1.165, 1.54) is 0 Å². The number of rotatable bonds is 3. The van der Waals surface area contributed by atoms with Crippen molar-refractivity contribution in [2.75, 3.05) is 5.32 Å². The maximum absolute atomic E-state index is 12.0. The van der Waals surface area contributed by atoms with E-state index in [-0.39, 0.29) is 6.04 Å². The summed E-state index contributed by atoms with van der Waals surface area (Å²) in [5.74, 6) is -1.38. The Hall–Kier alpha value is -1.27. The van der Waals surface area contributed by atoms with Gasteiger partial charge in [0.05, 0.1) is 11.6 Å². The van der Waals surface area contributed by atoms with E-state index in [0.29, 0.717) is 23.6 Å². The maximum Gasteiger partial charge on any atom is 0.319 e. The molecule has 2 unspecified atom stereocenters. The van der Waals surface area contributed by atoms with Gasteiger partial charge in [-0.25, -0.2) is 4.79 Å². The van der Waals surface area contributed by atoms with Crippen LogP contribution in [0.25, 0.3) is 0 Å². The van der Waals surface area contributed by atoms with Gasteiger partial charge in [-0.05, 0) is 53.4 Å². The number of aliphatic carboxylic acids is 1. The smallest absolute Gasteiger partial charge is 0.319 e. The Bertz CT molecular complexity index is 580. The van der Waals surface area contributed by atoms with Crippen molar-refractivity contribution in [2.45, 2.75) is 32.2 Å². The molecule has 0 radical (unpaired) electrons. The summed E-state index contributed by atoms with van der Waals surface area (Å²) in [5.41, 5.74) is 1.45. The number of anilines is 1. The van der Waals surface area contributed by atoms with Gasteiger partial charge in [0.25, 0.3) is 0 Å². The number of carboxylic acid groups (broad SMARTS) is 1. The van der Waals surface area contributed by atoms with Crippen LogP contribution < -0.4 is 10.6 Å². The third-order valence-corrected chi connectivity index (χ3v) is 4.71. The second-order valence-corrected chi connectivity index (χ2v) is 6.42. The van der Waals surface area contributed by atoms with Crippen molar-refractivity contribution in [3.8, 4) is 0 Å². The Morgan fingerprint density at radius 1 is 1.38 bits per heavy atom. The molecule has 21 heavy (non-hydrogen) atoms. The van der Waals surface area contributed by atoms with Gasteiger partial charge in [0.2, 0.25) is 0 Å². The van der Waals surface area contributed by atoms with E-state index in [9.17, 15) is 9.59 Å². The molecule has 0 heterocycles. The van der Waals surface area contributed by atoms with Gasteiger partial charge in [0, 0.05) is 15.5 Å². The topological polar surface area (TPSA) is 78.4 Å². The lowest BCUT2D eigenvalue weighted by atomic mass is 10.0. The predicted molar refractivity (Wildman–Crippen MR) is 84.8 cm³/mol. The molecule has 1 aliphatic rings. The third-order valence-electron chi connectivity index (χ3n) is 3.65. The number of hydrogen-bond donors (Lipinski definition) is 3. The van der Waals surface area contributed by atoms with E-state index in [2.05, 4.69) is 26.6 Å². The highest BCUT2D eigenvalue weighted by atomic mass is 79.9. The second-order valence-electron chi connectivity index (χ2n) is 5.16. The van der Waals surface area contributed by atoms with Crippen molar-refractivity contribution >= 4 is 45.2 Å². The van der Waals surface area contributed by atoms with Crippen LogP contribution >= 0.6 is 27.5 Å². The average Bonchev–Trinajstić information content (AvgIpc) is 2.84. The summed E-state index contributed by atoms with van der Waals surface area (Å²) < 4.78 is 0.723. The van der Waals surface area contributed by atoms with Gasteiger partial charge in [-0.1, -0.05) is 18.0 Å². The molecule has 0 saturated heterocycles. The zero-order chi connectivity index (χ0) is 15.6. The lowest BCUT2D eigenvalue weighted by Gasteiger charge is -2.18. The van der Waals surface area contributed by atoms with Crippen molar-refractivity contribution in [2.24, 2.45) is 5.92 Å². The molecule has 114 valence electrons. The molecule has 0 spiro atoms. The average molecular weight is 376 g/mol. The fourth-order valence-corrected chi connectivity index (χ4v) is 3.22. The number of benzene rings is 1. The molecule has 0 aliphatic heterocycles. The second kappa shape index (κ2) is 6.66. The number of aryl methyl sites for hydroxylation is 1.